The molecule has 2 aromatic heterocycles. The van der Waals surface area contributed by atoms with Crippen LogP contribution in [-0.4, -0.2) is 20.7 Å². The molecule has 4 rings (SSSR count). The van der Waals surface area contributed by atoms with Crippen LogP contribution < -0.4 is 0 Å². The van der Waals surface area contributed by atoms with E-state index in [0.29, 0.717) is 5.56 Å². The number of para-hydroxylation sites is 2. The minimum absolute atomic E-state index is 0.161. The molecule has 0 aliphatic heterocycles. The molecule has 25 heavy (non-hydrogen) atoms. The molecule has 0 amide bonds. The lowest BCUT2D eigenvalue weighted by Gasteiger charge is -2.05. The van der Waals surface area contributed by atoms with E-state index in [1.807, 2.05) is 61.5 Å². The Morgan fingerprint density at radius 3 is 2.68 bits per heavy atom. The molecule has 0 radical (unpaired) electrons. The first-order valence-corrected chi connectivity index (χ1v) is 8.65. The van der Waals surface area contributed by atoms with Gasteiger partial charge in [-0.15, -0.1) is 11.3 Å². The van der Waals surface area contributed by atoms with Crippen LogP contribution in [0.4, 0.5) is 0 Å². The second-order valence-electron chi connectivity index (χ2n) is 5.54. The normalized spacial score (nSPS) is 10.9. The predicted octanol–water partition coefficient (Wildman–Crippen LogP) is 4.15. The molecule has 2 aromatic carbocycles. The van der Waals surface area contributed by atoms with Crippen LogP contribution in [0, 0.1) is 6.92 Å². The molecule has 0 atom stereocenters. The summed E-state index contributed by atoms with van der Waals surface area (Å²) in [5.74, 6) is -0.390. The Morgan fingerprint density at radius 1 is 1.12 bits per heavy atom. The largest absolute Gasteiger partial charge is 0.455 e. The number of hydrogen-bond donors (Lipinski definition) is 0. The van der Waals surface area contributed by atoms with Crippen molar-refractivity contribution in [2.24, 2.45) is 0 Å². The average Bonchev–Trinajstić information content (AvgIpc) is 3.23. The molecule has 0 unspecified atom stereocenters. The van der Waals surface area contributed by atoms with Crippen LogP contribution in [-0.2, 0) is 11.3 Å². The Kier molecular flexibility index (Phi) is 4.03. The van der Waals surface area contributed by atoms with E-state index < -0.39 is 0 Å². The van der Waals surface area contributed by atoms with Gasteiger partial charge in [-0.2, -0.15) is 5.10 Å². The molecule has 5 nitrogen and oxygen atoms in total. The van der Waals surface area contributed by atoms with Crippen LogP contribution in [0.25, 0.3) is 15.9 Å². The molecule has 0 saturated heterocycles. The minimum atomic E-state index is -0.390. The van der Waals surface area contributed by atoms with Crippen molar-refractivity contribution in [2.45, 2.75) is 13.5 Å². The Morgan fingerprint density at radius 2 is 1.88 bits per heavy atom. The summed E-state index contributed by atoms with van der Waals surface area (Å²) in [6.45, 7) is 2.02. The fourth-order valence-electron chi connectivity index (χ4n) is 2.63. The van der Waals surface area contributed by atoms with E-state index in [4.69, 9.17) is 4.74 Å². The van der Waals surface area contributed by atoms with Gasteiger partial charge in [0.1, 0.15) is 17.2 Å². The summed E-state index contributed by atoms with van der Waals surface area (Å²) in [6.07, 6.45) is 1.54. The fourth-order valence-corrected chi connectivity index (χ4v) is 3.51. The zero-order valence-corrected chi connectivity index (χ0v) is 14.4. The van der Waals surface area contributed by atoms with Crippen molar-refractivity contribution in [3.8, 4) is 5.69 Å². The Bertz CT molecular complexity index is 1000. The summed E-state index contributed by atoms with van der Waals surface area (Å²) in [6, 6.07) is 17.6. The number of hydrogen-bond acceptors (Lipinski definition) is 5. The molecule has 124 valence electrons. The Labute approximate surface area is 148 Å². The van der Waals surface area contributed by atoms with Crippen molar-refractivity contribution >= 4 is 27.5 Å². The lowest BCUT2D eigenvalue weighted by atomic mass is 10.2. The van der Waals surface area contributed by atoms with E-state index >= 15 is 0 Å². The first kappa shape index (κ1) is 15.5. The quantitative estimate of drug-likeness (QED) is 0.519. The summed E-state index contributed by atoms with van der Waals surface area (Å²) in [4.78, 5) is 16.9. The second kappa shape index (κ2) is 6.49. The highest BCUT2D eigenvalue weighted by Gasteiger charge is 2.17. The number of thiazole rings is 1. The molecule has 6 heteroatoms. The SMILES string of the molecule is Cc1c(C(=O)OCc2nc3ccccc3s2)cnn1-c1ccccc1. The van der Waals surface area contributed by atoms with E-state index in [0.717, 1.165) is 26.6 Å². The fraction of sp³-hybridized carbons (Fsp3) is 0.105. The van der Waals surface area contributed by atoms with Crippen molar-refractivity contribution < 1.29 is 9.53 Å². The van der Waals surface area contributed by atoms with E-state index in [-0.39, 0.29) is 12.6 Å². The van der Waals surface area contributed by atoms with Gasteiger partial charge in [0.2, 0.25) is 0 Å². The number of nitrogens with zero attached hydrogens (tertiary/aromatic N) is 3. The van der Waals surface area contributed by atoms with Gasteiger partial charge in [-0.25, -0.2) is 14.5 Å². The van der Waals surface area contributed by atoms with Gasteiger partial charge in [-0.1, -0.05) is 30.3 Å². The van der Waals surface area contributed by atoms with Gasteiger partial charge in [0, 0.05) is 0 Å². The smallest absolute Gasteiger partial charge is 0.342 e. The second-order valence-corrected chi connectivity index (χ2v) is 6.66. The standard InChI is InChI=1S/C19H15N3O2S/c1-13-15(11-20-22(13)14-7-3-2-4-8-14)19(23)24-12-18-21-16-9-5-6-10-17(16)25-18/h2-11H,12H2,1H3. The highest BCUT2D eigenvalue weighted by molar-refractivity contribution is 7.18. The first-order valence-electron chi connectivity index (χ1n) is 7.84. The summed E-state index contributed by atoms with van der Waals surface area (Å²) in [5.41, 5.74) is 3.04. The van der Waals surface area contributed by atoms with Gasteiger partial charge in [-0.3, -0.25) is 0 Å². The number of carbonyl (C=O) groups excluding carboxylic acids is 1. The van der Waals surface area contributed by atoms with E-state index in [2.05, 4.69) is 10.1 Å². The molecule has 0 fully saturated rings. The third-order valence-electron chi connectivity index (χ3n) is 3.90. The summed E-state index contributed by atoms with van der Waals surface area (Å²) in [5, 5.41) is 5.08. The van der Waals surface area contributed by atoms with Crippen molar-refractivity contribution in [1.82, 2.24) is 14.8 Å². The molecule has 2 heterocycles. The average molecular weight is 349 g/mol. The number of ether oxygens (including phenoxy) is 1. The van der Waals surface area contributed by atoms with Gasteiger partial charge in [0.05, 0.1) is 27.8 Å². The summed E-state index contributed by atoms with van der Waals surface area (Å²) < 4.78 is 8.24. The van der Waals surface area contributed by atoms with Gasteiger partial charge in [0.25, 0.3) is 0 Å². The lowest BCUT2D eigenvalue weighted by Crippen LogP contribution is -2.07. The zero-order chi connectivity index (χ0) is 17.2. The molecule has 0 saturated carbocycles. The lowest BCUT2D eigenvalue weighted by molar-refractivity contribution is 0.0471. The number of fused-ring (bicyclic) bond motifs is 1. The molecule has 4 aromatic rings. The number of esters is 1. The van der Waals surface area contributed by atoms with Crippen LogP contribution in [0.2, 0.25) is 0 Å². The third kappa shape index (κ3) is 3.04. The molecular weight excluding hydrogens is 334 g/mol. The highest BCUT2D eigenvalue weighted by Crippen LogP contribution is 2.22. The van der Waals surface area contributed by atoms with Crippen molar-refractivity contribution in [2.75, 3.05) is 0 Å². The van der Waals surface area contributed by atoms with Gasteiger partial charge < -0.3 is 4.74 Å². The van der Waals surface area contributed by atoms with Gasteiger partial charge in [0.15, 0.2) is 0 Å². The van der Waals surface area contributed by atoms with Crippen LogP contribution in [0.15, 0.2) is 60.8 Å². The van der Waals surface area contributed by atoms with Crippen molar-refractivity contribution in [3.63, 3.8) is 0 Å². The summed E-state index contributed by atoms with van der Waals surface area (Å²) >= 11 is 1.53. The minimum Gasteiger partial charge on any atom is -0.455 e. The van der Waals surface area contributed by atoms with E-state index in [1.54, 1.807) is 10.9 Å². The maximum Gasteiger partial charge on any atom is 0.342 e. The molecule has 0 spiro atoms. The monoisotopic (exact) mass is 349 g/mol. The zero-order valence-electron chi connectivity index (χ0n) is 13.5. The topological polar surface area (TPSA) is 57.0 Å². The first-order chi connectivity index (χ1) is 12.2. The predicted molar refractivity (Wildman–Crippen MR) is 97.0 cm³/mol. The molecule has 0 N–H and O–H groups in total. The van der Waals surface area contributed by atoms with E-state index in [1.165, 1.54) is 11.3 Å². The van der Waals surface area contributed by atoms with Crippen molar-refractivity contribution in [3.05, 3.63) is 77.1 Å². The number of aromatic nitrogens is 3. The van der Waals surface area contributed by atoms with E-state index in [9.17, 15) is 4.79 Å². The van der Waals surface area contributed by atoms with Gasteiger partial charge in [-0.05, 0) is 31.2 Å². The summed E-state index contributed by atoms with van der Waals surface area (Å²) in [7, 11) is 0. The third-order valence-corrected chi connectivity index (χ3v) is 4.91. The number of carbonyl (C=O) groups is 1. The maximum absolute atomic E-state index is 12.4. The molecular formula is C19H15N3O2S. The van der Waals surface area contributed by atoms with Crippen LogP contribution >= 0.6 is 11.3 Å². The number of benzene rings is 2. The van der Waals surface area contributed by atoms with Gasteiger partial charge >= 0.3 is 5.97 Å². The van der Waals surface area contributed by atoms with Crippen LogP contribution in [0.3, 0.4) is 0 Å². The molecule has 0 aliphatic carbocycles. The maximum atomic E-state index is 12.4. The Balaban J connectivity index is 1.51. The van der Waals surface area contributed by atoms with Crippen LogP contribution in [0.5, 0.6) is 0 Å². The number of rotatable bonds is 4. The van der Waals surface area contributed by atoms with Crippen molar-refractivity contribution in [1.29, 1.82) is 0 Å². The molecule has 0 bridgehead atoms. The molecule has 0 aliphatic rings. The van der Waals surface area contributed by atoms with Crippen LogP contribution in [0.1, 0.15) is 21.1 Å². The highest BCUT2D eigenvalue weighted by atomic mass is 32.1. The Hall–Kier alpha value is -2.99.